The highest BCUT2D eigenvalue weighted by Crippen LogP contribution is 2.35. The Bertz CT molecular complexity index is 765. The zero-order valence-electron chi connectivity index (χ0n) is 14.8. The third-order valence-electron chi connectivity index (χ3n) is 4.84. The van der Waals surface area contributed by atoms with Crippen LogP contribution >= 0.6 is 0 Å². The fourth-order valence-electron chi connectivity index (χ4n) is 3.56. The standard InChI is InChI=1S/C19H24N4O2/c1-3-15-6-4-5-9-23(15)19-20-13(2)10-18(22-19)21-14-7-8-16-17(11-14)25-12-24-16/h7-8,10-11,15H,3-6,9,12H2,1-2H3,(H,20,21,22). The maximum atomic E-state index is 5.44. The number of aryl methyl sites for hydroxylation is 1. The molecule has 2 aromatic rings. The molecule has 0 amide bonds. The highest BCUT2D eigenvalue weighted by Gasteiger charge is 2.23. The third-order valence-corrected chi connectivity index (χ3v) is 4.84. The monoisotopic (exact) mass is 340 g/mol. The molecule has 2 aliphatic heterocycles. The number of benzene rings is 1. The van der Waals surface area contributed by atoms with Crippen molar-refractivity contribution in [1.82, 2.24) is 9.97 Å². The first kappa shape index (κ1) is 16.0. The topological polar surface area (TPSA) is 59.5 Å². The van der Waals surface area contributed by atoms with E-state index in [1.54, 1.807) is 0 Å². The maximum Gasteiger partial charge on any atom is 0.231 e. The van der Waals surface area contributed by atoms with Crippen molar-refractivity contribution in [3.63, 3.8) is 0 Å². The summed E-state index contributed by atoms with van der Waals surface area (Å²) in [5, 5.41) is 3.37. The molecule has 0 aliphatic carbocycles. The van der Waals surface area contributed by atoms with E-state index in [0.29, 0.717) is 6.04 Å². The Kier molecular flexibility index (Phi) is 4.34. The lowest BCUT2D eigenvalue weighted by Crippen LogP contribution is -2.40. The first-order valence-electron chi connectivity index (χ1n) is 9.02. The second-order valence-electron chi connectivity index (χ2n) is 6.64. The predicted octanol–water partition coefficient (Wildman–Crippen LogP) is 4.03. The van der Waals surface area contributed by atoms with Crippen molar-refractivity contribution in [3.8, 4) is 11.5 Å². The number of rotatable bonds is 4. The van der Waals surface area contributed by atoms with E-state index in [0.717, 1.165) is 47.6 Å². The molecule has 4 rings (SSSR count). The first-order chi connectivity index (χ1) is 12.2. The number of nitrogens with one attached hydrogen (secondary N) is 1. The highest BCUT2D eigenvalue weighted by atomic mass is 16.7. The summed E-state index contributed by atoms with van der Waals surface area (Å²) in [5.41, 5.74) is 1.90. The summed E-state index contributed by atoms with van der Waals surface area (Å²) in [7, 11) is 0. The zero-order valence-corrected chi connectivity index (χ0v) is 14.8. The molecule has 1 aromatic heterocycles. The van der Waals surface area contributed by atoms with E-state index in [4.69, 9.17) is 14.5 Å². The summed E-state index contributed by atoms with van der Waals surface area (Å²) < 4.78 is 10.8. The van der Waals surface area contributed by atoms with Gasteiger partial charge in [-0.1, -0.05) is 6.92 Å². The van der Waals surface area contributed by atoms with Crippen LogP contribution in [0, 0.1) is 6.92 Å². The van der Waals surface area contributed by atoms with Gasteiger partial charge in [-0.15, -0.1) is 0 Å². The second kappa shape index (κ2) is 6.78. The Labute approximate surface area is 148 Å². The lowest BCUT2D eigenvalue weighted by atomic mass is 10.0. The minimum Gasteiger partial charge on any atom is -0.454 e. The number of hydrogen-bond acceptors (Lipinski definition) is 6. The van der Waals surface area contributed by atoms with Gasteiger partial charge in [0.1, 0.15) is 5.82 Å². The molecule has 0 spiro atoms. The fraction of sp³-hybridized carbons (Fsp3) is 0.474. The van der Waals surface area contributed by atoms with Gasteiger partial charge < -0.3 is 19.7 Å². The molecule has 25 heavy (non-hydrogen) atoms. The summed E-state index contributed by atoms with van der Waals surface area (Å²) in [6.45, 7) is 5.57. The molecule has 1 N–H and O–H groups in total. The van der Waals surface area contributed by atoms with Crippen LogP contribution in [-0.2, 0) is 0 Å². The Balaban J connectivity index is 1.59. The third kappa shape index (κ3) is 3.34. The number of ether oxygens (including phenoxy) is 2. The van der Waals surface area contributed by atoms with Crippen LogP contribution in [0.5, 0.6) is 11.5 Å². The van der Waals surface area contributed by atoms with Gasteiger partial charge in [0.2, 0.25) is 12.7 Å². The van der Waals surface area contributed by atoms with Crippen LogP contribution in [0.1, 0.15) is 38.3 Å². The summed E-state index contributed by atoms with van der Waals surface area (Å²) in [5.74, 6) is 3.18. The van der Waals surface area contributed by atoms with Crippen molar-refractivity contribution in [2.24, 2.45) is 0 Å². The van der Waals surface area contributed by atoms with Crippen molar-refractivity contribution in [2.45, 2.75) is 45.6 Å². The number of aromatic nitrogens is 2. The number of nitrogens with zero attached hydrogens (tertiary/aromatic N) is 3. The molecule has 132 valence electrons. The van der Waals surface area contributed by atoms with E-state index in [-0.39, 0.29) is 6.79 Å². The van der Waals surface area contributed by atoms with Crippen molar-refractivity contribution in [2.75, 3.05) is 23.6 Å². The van der Waals surface area contributed by atoms with Crippen molar-refractivity contribution < 1.29 is 9.47 Å². The number of fused-ring (bicyclic) bond motifs is 1. The molecule has 2 aliphatic rings. The lowest BCUT2D eigenvalue weighted by molar-refractivity contribution is 0.174. The molecule has 0 bridgehead atoms. The molecule has 6 heteroatoms. The van der Waals surface area contributed by atoms with Crippen LogP contribution in [-0.4, -0.2) is 29.3 Å². The Hall–Kier alpha value is -2.50. The normalized spacial score (nSPS) is 19.1. The van der Waals surface area contributed by atoms with Crippen LogP contribution in [0.15, 0.2) is 24.3 Å². The van der Waals surface area contributed by atoms with E-state index in [1.807, 2.05) is 31.2 Å². The van der Waals surface area contributed by atoms with Crippen LogP contribution in [0.2, 0.25) is 0 Å². The Morgan fingerprint density at radius 1 is 1.16 bits per heavy atom. The van der Waals surface area contributed by atoms with Crippen LogP contribution in [0.25, 0.3) is 0 Å². The molecule has 1 saturated heterocycles. The first-order valence-corrected chi connectivity index (χ1v) is 9.02. The molecule has 0 radical (unpaired) electrons. The van der Waals surface area contributed by atoms with E-state index < -0.39 is 0 Å². The lowest BCUT2D eigenvalue weighted by Gasteiger charge is -2.35. The molecular formula is C19H24N4O2. The molecule has 3 heterocycles. The molecule has 6 nitrogen and oxygen atoms in total. The van der Waals surface area contributed by atoms with Crippen LogP contribution in [0.3, 0.4) is 0 Å². The average Bonchev–Trinajstić information content (AvgIpc) is 3.09. The molecule has 1 fully saturated rings. The van der Waals surface area contributed by atoms with Gasteiger partial charge in [-0.05, 0) is 44.7 Å². The molecule has 1 aromatic carbocycles. The Morgan fingerprint density at radius 2 is 2.04 bits per heavy atom. The largest absolute Gasteiger partial charge is 0.454 e. The van der Waals surface area contributed by atoms with E-state index in [1.165, 1.54) is 19.3 Å². The van der Waals surface area contributed by atoms with Gasteiger partial charge in [-0.25, -0.2) is 4.98 Å². The second-order valence-corrected chi connectivity index (χ2v) is 6.64. The summed E-state index contributed by atoms with van der Waals surface area (Å²) in [4.78, 5) is 11.8. The van der Waals surface area contributed by atoms with Crippen molar-refractivity contribution in [3.05, 3.63) is 30.0 Å². The fourth-order valence-corrected chi connectivity index (χ4v) is 3.56. The van der Waals surface area contributed by atoms with Crippen LogP contribution in [0.4, 0.5) is 17.5 Å². The van der Waals surface area contributed by atoms with E-state index >= 15 is 0 Å². The molecule has 1 atom stereocenters. The van der Waals surface area contributed by atoms with Gasteiger partial charge in [0.05, 0.1) is 0 Å². The number of hydrogen-bond donors (Lipinski definition) is 1. The van der Waals surface area contributed by atoms with Crippen molar-refractivity contribution >= 4 is 17.5 Å². The van der Waals surface area contributed by atoms with Gasteiger partial charge in [0, 0.05) is 36.1 Å². The summed E-state index contributed by atoms with van der Waals surface area (Å²) in [6, 6.07) is 8.33. The predicted molar refractivity (Wildman–Crippen MR) is 97.9 cm³/mol. The van der Waals surface area contributed by atoms with Crippen molar-refractivity contribution in [1.29, 1.82) is 0 Å². The number of anilines is 3. The SMILES string of the molecule is CCC1CCCCN1c1nc(C)cc(Nc2ccc3c(c2)OCO3)n1. The van der Waals surface area contributed by atoms with Gasteiger partial charge >= 0.3 is 0 Å². The minimum absolute atomic E-state index is 0.281. The highest BCUT2D eigenvalue weighted by molar-refractivity contribution is 5.62. The van der Waals surface area contributed by atoms with Gasteiger partial charge in [0.15, 0.2) is 11.5 Å². The molecule has 0 saturated carbocycles. The van der Waals surface area contributed by atoms with Gasteiger partial charge in [-0.2, -0.15) is 4.98 Å². The maximum absolute atomic E-state index is 5.44. The van der Waals surface area contributed by atoms with Gasteiger partial charge in [-0.3, -0.25) is 0 Å². The zero-order chi connectivity index (χ0) is 17.2. The smallest absolute Gasteiger partial charge is 0.231 e. The minimum atomic E-state index is 0.281. The average molecular weight is 340 g/mol. The Morgan fingerprint density at radius 3 is 2.92 bits per heavy atom. The van der Waals surface area contributed by atoms with E-state index in [2.05, 4.69) is 22.1 Å². The van der Waals surface area contributed by atoms with Gasteiger partial charge in [0.25, 0.3) is 0 Å². The summed E-state index contributed by atoms with van der Waals surface area (Å²) >= 11 is 0. The number of piperidine rings is 1. The molecular weight excluding hydrogens is 316 g/mol. The van der Waals surface area contributed by atoms with Crippen LogP contribution < -0.4 is 19.7 Å². The quantitative estimate of drug-likeness (QED) is 0.907. The summed E-state index contributed by atoms with van der Waals surface area (Å²) in [6.07, 6.45) is 4.85. The molecule has 1 unspecified atom stereocenters. The van der Waals surface area contributed by atoms with E-state index in [9.17, 15) is 0 Å².